The Bertz CT molecular complexity index is 486. The molecular formula is C13H10Cl2O. The van der Waals surface area contributed by atoms with Crippen LogP contribution in [-0.2, 0) is 0 Å². The first kappa shape index (κ1) is 11.3. The molecule has 2 rings (SSSR count). The second-order valence-electron chi connectivity index (χ2n) is 3.63. The lowest BCUT2D eigenvalue weighted by Crippen LogP contribution is -1.81. The summed E-state index contributed by atoms with van der Waals surface area (Å²) in [6.45, 7) is 1.95. The van der Waals surface area contributed by atoms with Crippen molar-refractivity contribution in [3.05, 3.63) is 52.0 Å². The van der Waals surface area contributed by atoms with Crippen molar-refractivity contribution in [2.24, 2.45) is 0 Å². The minimum atomic E-state index is 0.0896. The molecular weight excluding hydrogens is 243 g/mol. The second kappa shape index (κ2) is 4.36. The minimum absolute atomic E-state index is 0.0896. The minimum Gasteiger partial charge on any atom is -0.506 e. The van der Waals surface area contributed by atoms with E-state index < -0.39 is 0 Å². The van der Waals surface area contributed by atoms with Gasteiger partial charge in [0.25, 0.3) is 0 Å². The van der Waals surface area contributed by atoms with Gasteiger partial charge in [-0.05, 0) is 47.9 Å². The van der Waals surface area contributed by atoms with E-state index in [2.05, 4.69) is 0 Å². The Morgan fingerprint density at radius 2 is 1.44 bits per heavy atom. The average molecular weight is 253 g/mol. The third-order valence-corrected chi connectivity index (χ3v) is 3.18. The molecule has 16 heavy (non-hydrogen) atoms. The fourth-order valence-corrected chi connectivity index (χ4v) is 1.75. The smallest absolute Gasteiger partial charge is 0.134 e. The molecule has 1 N–H and O–H groups in total. The lowest BCUT2D eigenvalue weighted by molar-refractivity contribution is 0.476. The number of phenolic OH excluding ortho intramolecular Hbond substituents is 1. The topological polar surface area (TPSA) is 20.2 Å². The quantitative estimate of drug-likeness (QED) is 0.782. The van der Waals surface area contributed by atoms with Crippen LogP contribution in [0.5, 0.6) is 5.75 Å². The monoisotopic (exact) mass is 252 g/mol. The molecule has 0 unspecified atom stereocenters. The maximum Gasteiger partial charge on any atom is 0.134 e. The zero-order valence-electron chi connectivity index (χ0n) is 8.67. The summed E-state index contributed by atoms with van der Waals surface area (Å²) >= 11 is 11.7. The molecule has 3 heteroatoms. The van der Waals surface area contributed by atoms with E-state index >= 15 is 0 Å². The SMILES string of the molecule is Cc1cc(-c2ccc(Cl)c(O)c2)ccc1Cl. The van der Waals surface area contributed by atoms with E-state index in [0.29, 0.717) is 5.02 Å². The second-order valence-corrected chi connectivity index (χ2v) is 4.44. The van der Waals surface area contributed by atoms with Gasteiger partial charge in [0, 0.05) is 5.02 Å². The van der Waals surface area contributed by atoms with Gasteiger partial charge in [0.15, 0.2) is 0 Å². The maximum atomic E-state index is 9.53. The first-order valence-corrected chi connectivity index (χ1v) is 5.58. The number of aryl methyl sites for hydroxylation is 1. The number of hydrogen-bond acceptors (Lipinski definition) is 1. The van der Waals surface area contributed by atoms with Gasteiger partial charge in [-0.1, -0.05) is 35.3 Å². The molecule has 0 radical (unpaired) electrons. The normalized spacial score (nSPS) is 10.4. The average Bonchev–Trinajstić information content (AvgIpc) is 2.26. The molecule has 0 heterocycles. The molecule has 0 aliphatic carbocycles. The fourth-order valence-electron chi connectivity index (χ4n) is 1.52. The lowest BCUT2D eigenvalue weighted by atomic mass is 10.0. The van der Waals surface area contributed by atoms with Gasteiger partial charge < -0.3 is 5.11 Å². The van der Waals surface area contributed by atoms with Crippen molar-refractivity contribution < 1.29 is 5.11 Å². The Balaban J connectivity index is 2.50. The Morgan fingerprint density at radius 3 is 2.00 bits per heavy atom. The third-order valence-electron chi connectivity index (χ3n) is 2.44. The predicted octanol–water partition coefficient (Wildman–Crippen LogP) is 4.67. The summed E-state index contributed by atoms with van der Waals surface area (Å²) in [6.07, 6.45) is 0. The number of hydrogen-bond donors (Lipinski definition) is 1. The molecule has 0 aliphatic rings. The molecule has 2 aromatic rings. The number of rotatable bonds is 1. The zero-order valence-corrected chi connectivity index (χ0v) is 10.2. The van der Waals surface area contributed by atoms with Gasteiger partial charge >= 0.3 is 0 Å². The number of benzene rings is 2. The molecule has 82 valence electrons. The summed E-state index contributed by atoms with van der Waals surface area (Å²) in [7, 11) is 0. The van der Waals surface area contributed by atoms with Crippen LogP contribution in [0.4, 0.5) is 0 Å². The Hall–Kier alpha value is -1.18. The molecule has 0 saturated heterocycles. The van der Waals surface area contributed by atoms with Crippen LogP contribution in [-0.4, -0.2) is 5.11 Å². The van der Waals surface area contributed by atoms with Crippen LogP contribution < -0.4 is 0 Å². The van der Waals surface area contributed by atoms with Crippen LogP contribution in [0.25, 0.3) is 11.1 Å². The zero-order chi connectivity index (χ0) is 11.7. The summed E-state index contributed by atoms with van der Waals surface area (Å²) < 4.78 is 0. The molecule has 0 fully saturated rings. The van der Waals surface area contributed by atoms with Crippen LogP contribution in [0.15, 0.2) is 36.4 Å². The van der Waals surface area contributed by atoms with Crippen molar-refractivity contribution in [3.8, 4) is 16.9 Å². The molecule has 2 aromatic carbocycles. The van der Waals surface area contributed by atoms with E-state index in [1.54, 1.807) is 12.1 Å². The summed E-state index contributed by atoms with van der Waals surface area (Å²) in [5.74, 6) is 0.0896. The van der Waals surface area contributed by atoms with Gasteiger partial charge in [-0.2, -0.15) is 0 Å². The number of aromatic hydroxyl groups is 1. The number of halogens is 2. The van der Waals surface area contributed by atoms with E-state index in [1.807, 2.05) is 31.2 Å². The highest BCUT2D eigenvalue weighted by atomic mass is 35.5. The van der Waals surface area contributed by atoms with E-state index in [0.717, 1.165) is 21.7 Å². The van der Waals surface area contributed by atoms with Crippen LogP contribution >= 0.6 is 23.2 Å². The summed E-state index contributed by atoms with van der Waals surface area (Å²) in [4.78, 5) is 0. The molecule has 0 saturated carbocycles. The van der Waals surface area contributed by atoms with Crippen LogP contribution in [0.2, 0.25) is 10.0 Å². The molecule has 0 spiro atoms. The van der Waals surface area contributed by atoms with E-state index in [-0.39, 0.29) is 5.75 Å². The third kappa shape index (κ3) is 2.16. The van der Waals surface area contributed by atoms with Crippen molar-refractivity contribution in [1.29, 1.82) is 0 Å². The van der Waals surface area contributed by atoms with Crippen molar-refractivity contribution in [1.82, 2.24) is 0 Å². The summed E-state index contributed by atoms with van der Waals surface area (Å²) in [5, 5.41) is 10.6. The van der Waals surface area contributed by atoms with E-state index in [9.17, 15) is 5.11 Å². The van der Waals surface area contributed by atoms with E-state index in [4.69, 9.17) is 23.2 Å². The van der Waals surface area contributed by atoms with Crippen molar-refractivity contribution in [3.63, 3.8) is 0 Å². The predicted molar refractivity (Wildman–Crippen MR) is 68.3 cm³/mol. The van der Waals surface area contributed by atoms with Crippen LogP contribution in [0.3, 0.4) is 0 Å². The van der Waals surface area contributed by atoms with E-state index in [1.165, 1.54) is 0 Å². The highest BCUT2D eigenvalue weighted by Gasteiger charge is 2.04. The first-order chi connectivity index (χ1) is 7.58. The van der Waals surface area contributed by atoms with Gasteiger partial charge in [0.2, 0.25) is 0 Å². The largest absolute Gasteiger partial charge is 0.506 e. The van der Waals surface area contributed by atoms with Gasteiger partial charge in [-0.3, -0.25) is 0 Å². The Morgan fingerprint density at radius 1 is 0.875 bits per heavy atom. The highest BCUT2D eigenvalue weighted by molar-refractivity contribution is 6.32. The van der Waals surface area contributed by atoms with Crippen molar-refractivity contribution in [2.45, 2.75) is 6.92 Å². The Kier molecular flexibility index (Phi) is 3.08. The highest BCUT2D eigenvalue weighted by Crippen LogP contribution is 2.31. The summed E-state index contributed by atoms with van der Waals surface area (Å²) in [5.41, 5.74) is 2.93. The van der Waals surface area contributed by atoms with Crippen molar-refractivity contribution >= 4 is 23.2 Å². The van der Waals surface area contributed by atoms with Gasteiger partial charge in [0.05, 0.1) is 5.02 Å². The molecule has 0 amide bonds. The maximum absolute atomic E-state index is 9.53. The standard InChI is InChI=1S/C13H10Cl2O/c1-8-6-9(2-4-11(8)14)10-3-5-12(15)13(16)7-10/h2-7,16H,1H3. The van der Waals surface area contributed by atoms with Crippen LogP contribution in [0, 0.1) is 6.92 Å². The van der Waals surface area contributed by atoms with Crippen LogP contribution in [0.1, 0.15) is 5.56 Å². The fraction of sp³-hybridized carbons (Fsp3) is 0.0769. The first-order valence-electron chi connectivity index (χ1n) is 4.83. The van der Waals surface area contributed by atoms with Gasteiger partial charge in [-0.25, -0.2) is 0 Å². The molecule has 0 bridgehead atoms. The lowest BCUT2D eigenvalue weighted by Gasteiger charge is -2.05. The molecule has 0 atom stereocenters. The molecule has 1 nitrogen and oxygen atoms in total. The van der Waals surface area contributed by atoms with Crippen molar-refractivity contribution in [2.75, 3.05) is 0 Å². The molecule has 0 aliphatic heterocycles. The molecule has 0 aromatic heterocycles. The van der Waals surface area contributed by atoms with Gasteiger partial charge in [-0.15, -0.1) is 0 Å². The number of phenols is 1. The summed E-state index contributed by atoms with van der Waals surface area (Å²) in [6, 6.07) is 10.9. The van der Waals surface area contributed by atoms with Gasteiger partial charge in [0.1, 0.15) is 5.75 Å². The Labute approximate surface area is 104 Å².